The lowest BCUT2D eigenvalue weighted by atomic mass is 10.1. The molecule has 0 bridgehead atoms. The van der Waals surface area contributed by atoms with Gasteiger partial charge in [-0.15, -0.1) is 5.10 Å². The summed E-state index contributed by atoms with van der Waals surface area (Å²) < 4.78 is 1.65. The zero-order valence-corrected chi connectivity index (χ0v) is 9.89. The molecule has 1 aromatic heterocycles. The van der Waals surface area contributed by atoms with Crippen molar-refractivity contribution in [3.63, 3.8) is 0 Å². The molecular weight excluding hydrogens is 222 g/mol. The van der Waals surface area contributed by atoms with Gasteiger partial charge in [-0.1, -0.05) is 18.6 Å². The number of hydrogen-bond acceptors (Lipinski definition) is 4. The van der Waals surface area contributed by atoms with E-state index in [0.717, 1.165) is 19.3 Å². The topological polar surface area (TPSA) is 88.2 Å². The lowest BCUT2D eigenvalue weighted by Gasteiger charge is -2.13. The van der Waals surface area contributed by atoms with Gasteiger partial charge >= 0.3 is 5.97 Å². The Morgan fingerprint density at radius 1 is 1.53 bits per heavy atom. The van der Waals surface area contributed by atoms with Gasteiger partial charge in [0.15, 0.2) is 5.69 Å². The van der Waals surface area contributed by atoms with Crippen molar-refractivity contribution in [2.45, 2.75) is 39.2 Å². The van der Waals surface area contributed by atoms with Gasteiger partial charge in [0.1, 0.15) is 0 Å². The second kappa shape index (κ2) is 4.44. The Morgan fingerprint density at radius 2 is 2.24 bits per heavy atom. The van der Waals surface area contributed by atoms with Crippen LogP contribution in [-0.4, -0.2) is 37.8 Å². The Bertz CT molecular complexity index is 424. The van der Waals surface area contributed by atoms with E-state index in [9.17, 15) is 9.90 Å². The molecule has 0 spiro atoms. The molecule has 0 atom stereocenters. The molecule has 0 unspecified atom stereocenters. The number of carbonyl (C=O) groups is 1. The highest BCUT2D eigenvalue weighted by atomic mass is 16.4. The van der Waals surface area contributed by atoms with Gasteiger partial charge in [0.25, 0.3) is 0 Å². The molecule has 0 aromatic carbocycles. The number of aliphatic hydroxyl groups excluding tert-OH is 1. The Kier molecular flexibility index (Phi) is 3.15. The van der Waals surface area contributed by atoms with E-state index >= 15 is 0 Å². The predicted molar refractivity (Wildman–Crippen MR) is 59.7 cm³/mol. The van der Waals surface area contributed by atoms with Crippen LogP contribution in [0.2, 0.25) is 0 Å². The summed E-state index contributed by atoms with van der Waals surface area (Å²) in [4.78, 5) is 11.0. The summed E-state index contributed by atoms with van der Waals surface area (Å²) in [6, 6.07) is 0. The van der Waals surface area contributed by atoms with E-state index < -0.39 is 5.97 Å². The number of carboxylic acid groups (broad SMARTS) is 1. The number of aromatic carboxylic acids is 1. The fourth-order valence-corrected chi connectivity index (χ4v) is 1.97. The highest BCUT2D eigenvalue weighted by molar-refractivity contribution is 5.86. The maximum Gasteiger partial charge on any atom is 0.358 e. The summed E-state index contributed by atoms with van der Waals surface area (Å²) in [5, 5.41) is 25.9. The van der Waals surface area contributed by atoms with Crippen LogP contribution in [0.25, 0.3) is 0 Å². The first-order chi connectivity index (χ1) is 8.12. The molecule has 1 aromatic rings. The smallest absolute Gasteiger partial charge is 0.358 e. The highest BCUT2D eigenvalue weighted by Crippen LogP contribution is 2.46. The normalized spacial score (nSPS) is 17.1. The van der Waals surface area contributed by atoms with E-state index in [1.807, 2.05) is 6.92 Å². The van der Waals surface area contributed by atoms with Crippen LogP contribution in [0.5, 0.6) is 0 Å². The van der Waals surface area contributed by atoms with Crippen molar-refractivity contribution < 1.29 is 15.0 Å². The molecule has 17 heavy (non-hydrogen) atoms. The molecule has 6 heteroatoms. The third-order valence-electron chi connectivity index (χ3n) is 3.30. The van der Waals surface area contributed by atoms with Crippen LogP contribution in [0.4, 0.5) is 0 Å². The molecule has 0 aliphatic heterocycles. The van der Waals surface area contributed by atoms with Gasteiger partial charge in [0.2, 0.25) is 0 Å². The second-order valence-corrected chi connectivity index (χ2v) is 4.76. The first-order valence-corrected chi connectivity index (χ1v) is 5.88. The summed E-state index contributed by atoms with van der Waals surface area (Å²) >= 11 is 0. The monoisotopic (exact) mass is 239 g/mol. The van der Waals surface area contributed by atoms with Gasteiger partial charge in [0, 0.05) is 5.41 Å². The number of aliphatic hydroxyl groups is 1. The zero-order valence-electron chi connectivity index (χ0n) is 9.89. The largest absolute Gasteiger partial charge is 0.476 e. The highest BCUT2D eigenvalue weighted by Gasteiger charge is 2.43. The molecule has 2 rings (SSSR count). The summed E-state index contributed by atoms with van der Waals surface area (Å²) in [7, 11) is 0. The fourth-order valence-electron chi connectivity index (χ4n) is 1.97. The minimum absolute atomic E-state index is 0.0422. The molecule has 1 fully saturated rings. The van der Waals surface area contributed by atoms with Crippen molar-refractivity contribution in [1.82, 2.24) is 15.0 Å². The second-order valence-electron chi connectivity index (χ2n) is 4.76. The minimum Gasteiger partial charge on any atom is -0.476 e. The summed E-state index contributed by atoms with van der Waals surface area (Å²) in [6.07, 6.45) is 3.44. The maximum absolute atomic E-state index is 11.0. The lowest BCUT2D eigenvalue weighted by Crippen LogP contribution is -2.19. The van der Waals surface area contributed by atoms with Crippen LogP contribution in [0, 0.1) is 5.41 Å². The molecule has 0 radical (unpaired) electrons. The predicted octanol–water partition coefficient (Wildman–Crippen LogP) is 0.701. The minimum atomic E-state index is -1.03. The fraction of sp³-hybridized carbons (Fsp3) is 0.727. The first-order valence-electron chi connectivity index (χ1n) is 5.88. The van der Waals surface area contributed by atoms with Gasteiger partial charge in [0.05, 0.1) is 18.8 Å². The lowest BCUT2D eigenvalue weighted by molar-refractivity contribution is 0.0689. The van der Waals surface area contributed by atoms with Crippen molar-refractivity contribution in [1.29, 1.82) is 0 Å². The van der Waals surface area contributed by atoms with Crippen molar-refractivity contribution in [3.8, 4) is 0 Å². The van der Waals surface area contributed by atoms with E-state index in [0.29, 0.717) is 18.7 Å². The molecule has 2 N–H and O–H groups in total. The molecule has 1 saturated carbocycles. The van der Waals surface area contributed by atoms with Crippen LogP contribution in [0.3, 0.4) is 0 Å². The van der Waals surface area contributed by atoms with Crippen LogP contribution in [0.15, 0.2) is 0 Å². The number of carboxylic acids is 1. The van der Waals surface area contributed by atoms with Crippen molar-refractivity contribution in [2.24, 2.45) is 5.41 Å². The number of rotatable bonds is 6. The summed E-state index contributed by atoms with van der Waals surface area (Å²) in [5.41, 5.74) is 0.617. The maximum atomic E-state index is 11.0. The average Bonchev–Trinajstić information content (AvgIpc) is 2.96. The Labute approximate surface area is 99.3 Å². The van der Waals surface area contributed by atoms with E-state index in [1.54, 1.807) is 4.68 Å². The molecule has 1 heterocycles. The quantitative estimate of drug-likeness (QED) is 0.763. The Morgan fingerprint density at radius 3 is 2.71 bits per heavy atom. The van der Waals surface area contributed by atoms with Crippen LogP contribution in [0.1, 0.15) is 42.4 Å². The van der Waals surface area contributed by atoms with E-state index in [2.05, 4.69) is 10.3 Å². The number of aromatic nitrogens is 3. The first kappa shape index (κ1) is 12.0. The summed E-state index contributed by atoms with van der Waals surface area (Å²) in [5.74, 6) is -1.03. The summed E-state index contributed by atoms with van der Waals surface area (Å²) in [6.45, 7) is 2.68. The molecular formula is C11H17N3O3. The molecule has 94 valence electrons. The van der Waals surface area contributed by atoms with Gasteiger partial charge in [-0.3, -0.25) is 0 Å². The molecule has 0 saturated heterocycles. The van der Waals surface area contributed by atoms with Crippen LogP contribution >= 0.6 is 0 Å². The third-order valence-corrected chi connectivity index (χ3v) is 3.30. The molecule has 6 nitrogen and oxygen atoms in total. The Hall–Kier alpha value is -1.43. The van der Waals surface area contributed by atoms with Crippen molar-refractivity contribution in [3.05, 3.63) is 11.4 Å². The standard InChI is InChI=1S/C11H17N3O3/c1-2-3-8-9(10(16)17)12-13-14(8)6-11(7-15)4-5-11/h15H,2-7H2,1H3,(H,16,17). The SMILES string of the molecule is CCCc1c(C(=O)O)nnn1CC1(CO)CC1. The van der Waals surface area contributed by atoms with Crippen molar-refractivity contribution in [2.75, 3.05) is 6.61 Å². The van der Waals surface area contributed by atoms with Gasteiger partial charge < -0.3 is 10.2 Å². The third kappa shape index (κ3) is 2.31. The van der Waals surface area contributed by atoms with Crippen LogP contribution < -0.4 is 0 Å². The van der Waals surface area contributed by atoms with Crippen LogP contribution in [-0.2, 0) is 13.0 Å². The van der Waals surface area contributed by atoms with E-state index in [1.165, 1.54) is 0 Å². The van der Waals surface area contributed by atoms with Crippen molar-refractivity contribution >= 4 is 5.97 Å². The van der Waals surface area contributed by atoms with Gasteiger partial charge in [-0.25, -0.2) is 9.48 Å². The number of hydrogen-bond donors (Lipinski definition) is 2. The van der Waals surface area contributed by atoms with Gasteiger partial charge in [-0.05, 0) is 19.3 Å². The molecule has 1 aliphatic rings. The zero-order chi connectivity index (χ0) is 12.5. The van der Waals surface area contributed by atoms with E-state index in [4.69, 9.17) is 5.11 Å². The average molecular weight is 239 g/mol. The molecule has 0 amide bonds. The molecule has 1 aliphatic carbocycles. The van der Waals surface area contributed by atoms with E-state index in [-0.39, 0.29) is 17.7 Å². The van der Waals surface area contributed by atoms with Gasteiger partial charge in [-0.2, -0.15) is 0 Å². The Balaban J connectivity index is 2.24. The number of nitrogens with zero attached hydrogens (tertiary/aromatic N) is 3.